The van der Waals surface area contributed by atoms with Crippen molar-refractivity contribution in [1.82, 2.24) is 0 Å². The number of benzene rings is 3. The maximum Gasteiger partial charge on any atom is 0.294 e. The fourth-order valence-electron chi connectivity index (χ4n) is 2.84. The molecule has 0 aliphatic carbocycles. The van der Waals surface area contributed by atoms with Crippen LogP contribution in [-0.4, -0.2) is 13.0 Å². The van der Waals surface area contributed by atoms with Crippen LogP contribution in [0.3, 0.4) is 0 Å². The van der Waals surface area contributed by atoms with E-state index in [1.165, 1.54) is 11.1 Å². The summed E-state index contributed by atoms with van der Waals surface area (Å²) in [5, 5.41) is 3.17. The van der Waals surface area contributed by atoms with Gasteiger partial charge in [0.15, 0.2) is 0 Å². The molecule has 1 N–H and O–H groups in total. The van der Waals surface area contributed by atoms with Gasteiger partial charge >= 0.3 is 0 Å². The minimum Gasteiger partial charge on any atom is -0.282 e. The molecule has 0 bridgehead atoms. The molecule has 0 heterocycles. The molecule has 5 heteroatoms. The highest BCUT2D eigenvalue weighted by molar-refractivity contribution is 7.86. The molecule has 3 rings (SSSR count). The van der Waals surface area contributed by atoms with Gasteiger partial charge in [-0.1, -0.05) is 71.8 Å². The summed E-state index contributed by atoms with van der Waals surface area (Å²) in [6.07, 6.45) is 0. The first-order valence-electron chi connectivity index (χ1n) is 8.27. The Morgan fingerprint density at radius 2 is 1.12 bits per heavy atom. The van der Waals surface area contributed by atoms with Crippen molar-refractivity contribution in [2.24, 2.45) is 0 Å². The van der Waals surface area contributed by atoms with E-state index in [4.69, 9.17) is 0 Å². The normalized spacial score (nSPS) is 11.7. The van der Waals surface area contributed by atoms with Crippen LogP contribution < -0.4 is 15.9 Å². The molecule has 0 fully saturated rings. The lowest BCUT2D eigenvalue weighted by atomic mass is 10.2. The van der Waals surface area contributed by atoms with Crippen LogP contribution in [0.5, 0.6) is 0 Å². The van der Waals surface area contributed by atoms with Crippen molar-refractivity contribution in [2.45, 2.75) is 25.7 Å². The van der Waals surface area contributed by atoms with Crippen LogP contribution in [0.1, 0.15) is 16.7 Å². The van der Waals surface area contributed by atoms with Crippen molar-refractivity contribution in [3.05, 3.63) is 83.4 Å². The van der Waals surface area contributed by atoms with Crippen LogP contribution in [0.25, 0.3) is 0 Å². The number of hydrogen-bond acceptors (Lipinski definition) is 2. The third-order valence-electron chi connectivity index (χ3n) is 4.29. The second-order valence-electron chi connectivity index (χ2n) is 6.43. The average molecular weight is 384 g/mol. The van der Waals surface area contributed by atoms with Gasteiger partial charge in [-0.3, -0.25) is 4.55 Å². The maximum absolute atomic E-state index is 11.8. The molecular weight excluding hydrogens is 363 g/mol. The quantitative estimate of drug-likeness (QED) is 0.552. The van der Waals surface area contributed by atoms with Crippen molar-refractivity contribution >= 4 is 34.0 Å². The molecule has 0 unspecified atom stereocenters. The van der Waals surface area contributed by atoms with Gasteiger partial charge in [-0.2, -0.15) is 8.42 Å². The fourth-order valence-corrected chi connectivity index (χ4v) is 5.95. The van der Waals surface area contributed by atoms with Crippen molar-refractivity contribution < 1.29 is 13.0 Å². The molecule has 26 heavy (non-hydrogen) atoms. The Morgan fingerprint density at radius 3 is 1.54 bits per heavy atom. The average Bonchev–Trinajstić information content (AvgIpc) is 2.59. The van der Waals surface area contributed by atoms with Crippen molar-refractivity contribution in [2.75, 3.05) is 0 Å². The largest absolute Gasteiger partial charge is 0.294 e. The lowest BCUT2D eigenvalue weighted by Gasteiger charge is -2.20. The Balaban J connectivity index is 2.21. The summed E-state index contributed by atoms with van der Waals surface area (Å²) in [5.41, 5.74) is 2.89. The summed E-state index contributed by atoms with van der Waals surface area (Å²) < 4.78 is 33.1. The summed E-state index contributed by atoms with van der Waals surface area (Å²) in [4.78, 5) is -0.0262. The Kier molecular flexibility index (Phi) is 5.29. The van der Waals surface area contributed by atoms with Gasteiger partial charge in [0.05, 0.1) is 4.90 Å². The zero-order valence-corrected chi connectivity index (χ0v) is 16.7. The Hall–Kier alpha value is -2.00. The molecule has 3 aromatic carbocycles. The molecule has 0 spiro atoms. The van der Waals surface area contributed by atoms with Gasteiger partial charge in [0.2, 0.25) is 0 Å². The molecule has 0 aliphatic heterocycles. The van der Waals surface area contributed by atoms with Crippen LogP contribution in [0.2, 0.25) is 0 Å². The Bertz CT molecular complexity index is 978. The monoisotopic (exact) mass is 384 g/mol. The summed E-state index contributed by atoms with van der Waals surface area (Å²) >= 11 is 0. The van der Waals surface area contributed by atoms with Gasteiger partial charge in [0, 0.05) is 0 Å². The molecule has 0 aliphatic rings. The molecule has 0 atom stereocenters. The molecule has 0 amide bonds. The molecule has 0 saturated carbocycles. The first-order valence-corrected chi connectivity index (χ1v) is 11.1. The van der Waals surface area contributed by atoms with Gasteiger partial charge in [0.25, 0.3) is 10.1 Å². The third-order valence-corrected chi connectivity index (χ3v) is 7.71. The van der Waals surface area contributed by atoms with Crippen LogP contribution in [-0.2, 0) is 10.1 Å². The van der Waals surface area contributed by atoms with Gasteiger partial charge < -0.3 is 0 Å². The zero-order chi connectivity index (χ0) is 18.9. The van der Waals surface area contributed by atoms with E-state index in [0.29, 0.717) is 5.56 Å². The second kappa shape index (κ2) is 7.32. The van der Waals surface area contributed by atoms with E-state index >= 15 is 0 Å². The van der Waals surface area contributed by atoms with E-state index in [0.717, 1.165) is 15.9 Å². The highest BCUT2D eigenvalue weighted by Crippen LogP contribution is 2.34. The standard InChI is InChI=1S/C21H21O3PS/c1-15-4-9-18(10-5-15)25(19-11-6-16(2)7-12-19)20-13-8-17(3)21(14-20)26(22,23)24/h4-14H,1-3H3,(H,22,23,24). The summed E-state index contributed by atoms with van der Waals surface area (Å²) in [7, 11) is -5.18. The van der Waals surface area contributed by atoms with Crippen LogP contribution in [0.15, 0.2) is 71.6 Å². The molecule has 0 saturated heterocycles. The van der Waals surface area contributed by atoms with Crippen LogP contribution in [0.4, 0.5) is 0 Å². The Labute approximate surface area is 156 Å². The number of hydrogen-bond donors (Lipinski definition) is 1. The van der Waals surface area contributed by atoms with Crippen LogP contribution in [0, 0.1) is 20.8 Å². The van der Waals surface area contributed by atoms with Crippen molar-refractivity contribution in [3.8, 4) is 0 Å². The lowest BCUT2D eigenvalue weighted by Crippen LogP contribution is -2.21. The highest BCUT2D eigenvalue weighted by atomic mass is 32.2. The van der Waals surface area contributed by atoms with E-state index in [1.807, 2.05) is 19.9 Å². The molecule has 0 radical (unpaired) electrons. The number of aryl methyl sites for hydroxylation is 3. The van der Waals surface area contributed by atoms with Crippen LogP contribution >= 0.6 is 7.92 Å². The van der Waals surface area contributed by atoms with Gasteiger partial charge in [-0.05, 0) is 56.2 Å². The third kappa shape index (κ3) is 4.04. The van der Waals surface area contributed by atoms with E-state index in [1.54, 1.807) is 19.1 Å². The van der Waals surface area contributed by atoms with Crippen molar-refractivity contribution in [3.63, 3.8) is 0 Å². The zero-order valence-electron chi connectivity index (χ0n) is 15.0. The summed E-state index contributed by atoms with van der Waals surface area (Å²) in [6.45, 7) is 5.77. The first-order chi connectivity index (χ1) is 12.3. The highest BCUT2D eigenvalue weighted by Gasteiger charge is 2.20. The summed E-state index contributed by atoms with van der Waals surface area (Å²) in [6, 6.07) is 22.0. The molecule has 0 aromatic heterocycles. The lowest BCUT2D eigenvalue weighted by molar-refractivity contribution is 0.482. The first kappa shape index (κ1) is 18.8. The second-order valence-corrected chi connectivity index (χ2v) is 10.0. The minimum absolute atomic E-state index is 0.0262. The summed E-state index contributed by atoms with van der Waals surface area (Å²) in [5.74, 6) is 0. The van der Waals surface area contributed by atoms with E-state index < -0.39 is 18.0 Å². The predicted octanol–water partition coefficient (Wildman–Crippen LogP) is 3.62. The predicted molar refractivity (Wildman–Crippen MR) is 109 cm³/mol. The molecule has 3 aromatic rings. The van der Waals surface area contributed by atoms with E-state index in [9.17, 15) is 13.0 Å². The van der Waals surface area contributed by atoms with E-state index in [2.05, 4.69) is 48.5 Å². The fraction of sp³-hybridized carbons (Fsp3) is 0.143. The minimum atomic E-state index is -4.26. The Morgan fingerprint density at radius 1 is 0.692 bits per heavy atom. The SMILES string of the molecule is Cc1ccc(P(c2ccc(C)cc2)c2ccc(C)c(S(=O)(=O)O)c2)cc1. The van der Waals surface area contributed by atoms with Gasteiger partial charge in [-0.25, -0.2) is 0 Å². The maximum atomic E-state index is 11.8. The van der Waals surface area contributed by atoms with E-state index in [-0.39, 0.29) is 4.90 Å². The number of rotatable bonds is 4. The van der Waals surface area contributed by atoms with Gasteiger partial charge in [-0.15, -0.1) is 0 Å². The van der Waals surface area contributed by atoms with Gasteiger partial charge in [0.1, 0.15) is 0 Å². The topological polar surface area (TPSA) is 54.4 Å². The smallest absolute Gasteiger partial charge is 0.282 e. The molecular formula is C21H21O3PS. The molecule has 134 valence electrons. The molecule has 3 nitrogen and oxygen atoms in total. The van der Waals surface area contributed by atoms with Crippen molar-refractivity contribution in [1.29, 1.82) is 0 Å².